The quantitative estimate of drug-likeness (QED) is 0.177. The Morgan fingerprint density at radius 3 is 1.71 bits per heavy atom. The number of para-hydroxylation sites is 5. The molecule has 0 atom stereocenters. The summed E-state index contributed by atoms with van der Waals surface area (Å²) in [5.74, 6) is 0. The molecule has 3 nitrogen and oxygen atoms in total. The van der Waals surface area contributed by atoms with Crippen LogP contribution >= 0.6 is 0 Å². The molecule has 9 rings (SSSR count). The van der Waals surface area contributed by atoms with E-state index in [1.165, 1.54) is 44.3 Å². The van der Waals surface area contributed by atoms with Gasteiger partial charge < -0.3 is 9.47 Å². The van der Waals surface area contributed by atoms with Gasteiger partial charge in [-0.15, -0.1) is 0 Å². The number of fused-ring (bicyclic) bond motifs is 5. The third kappa shape index (κ3) is 4.49. The maximum absolute atomic E-state index is 7.80. The van der Waals surface area contributed by atoms with Crippen LogP contribution in [-0.2, 0) is 5.41 Å². The van der Waals surface area contributed by atoms with Gasteiger partial charge in [0, 0.05) is 27.6 Å². The van der Waals surface area contributed by atoms with E-state index < -0.39 is 0 Å². The number of hydrogen-bond donors (Lipinski definition) is 0. The van der Waals surface area contributed by atoms with Gasteiger partial charge in [-0.1, -0.05) is 129 Å². The van der Waals surface area contributed by atoms with Crippen molar-refractivity contribution in [3.63, 3.8) is 0 Å². The maximum atomic E-state index is 7.80. The first kappa shape index (κ1) is 28.8. The van der Waals surface area contributed by atoms with Gasteiger partial charge in [-0.25, -0.2) is 4.85 Å². The van der Waals surface area contributed by atoms with E-state index in [0.29, 0.717) is 5.69 Å². The van der Waals surface area contributed by atoms with Crippen LogP contribution in [0.1, 0.15) is 25.0 Å². The summed E-state index contributed by atoms with van der Waals surface area (Å²) < 4.78 is 2.40. The monoisotopic (exact) mass is 627 g/mol. The SMILES string of the molecule is [C-]#[N+]c1ccccc1-c1cccc(-c2cc(N3c4ccccc4C(C)(C)c4ccccc43)cc(-n3c4ccccc4c4ccccc43)c2)c1. The summed E-state index contributed by atoms with van der Waals surface area (Å²) in [6.45, 7) is 12.5. The second-order valence-corrected chi connectivity index (χ2v) is 13.3. The Labute approximate surface area is 286 Å². The fourth-order valence-electron chi connectivity index (χ4n) is 7.85. The van der Waals surface area contributed by atoms with Gasteiger partial charge in [0.25, 0.3) is 0 Å². The first-order valence-electron chi connectivity index (χ1n) is 16.7. The smallest absolute Gasteiger partial charge is 0.194 e. The van der Waals surface area contributed by atoms with Crippen molar-refractivity contribution in [2.75, 3.05) is 4.90 Å². The first-order chi connectivity index (χ1) is 24.0. The van der Waals surface area contributed by atoms with Crippen molar-refractivity contribution in [2.24, 2.45) is 0 Å². The zero-order valence-corrected chi connectivity index (χ0v) is 27.4. The maximum Gasteiger partial charge on any atom is 0.194 e. The molecular formula is C46H33N3. The molecule has 7 aromatic carbocycles. The van der Waals surface area contributed by atoms with E-state index in [2.05, 4.69) is 168 Å². The molecular weight excluding hydrogens is 595 g/mol. The number of hydrogen-bond acceptors (Lipinski definition) is 1. The van der Waals surface area contributed by atoms with Crippen LogP contribution in [0.5, 0.6) is 0 Å². The second-order valence-electron chi connectivity index (χ2n) is 13.3. The Morgan fingerprint density at radius 2 is 1.04 bits per heavy atom. The van der Waals surface area contributed by atoms with Crippen LogP contribution in [0, 0.1) is 6.57 Å². The third-order valence-corrected chi connectivity index (χ3v) is 10.2. The lowest BCUT2D eigenvalue weighted by Gasteiger charge is -2.42. The highest BCUT2D eigenvalue weighted by molar-refractivity contribution is 6.09. The Balaban J connectivity index is 1.34. The summed E-state index contributed by atoms with van der Waals surface area (Å²) in [5.41, 5.74) is 14.2. The molecule has 0 unspecified atom stereocenters. The second kappa shape index (κ2) is 11.1. The molecule has 0 fully saturated rings. The topological polar surface area (TPSA) is 12.5 Å². The van der Waals surface area contributed by atoms with Gasteiger partial charge in [0.1, 0.15) is 0 Å². The Morgan fingerprint density at radius 1 is 0.490 bits per heavy atom. The standard InChI is InChI=1S/C46H33N3/c1-46(2)39-20-7-12-25-44(39)49(45-26-13-8-21-40(45)46)35-29-33(31-15-14-16-32(27-31)36-17-4-9-22-41(36)47-3)28-34(30-35)48-42-23-10-5-18-37(42)38-19-6-11-24-43(38)48/h4-30H,1-2H3. The molecule has 0 N–H and O–H groups in total. The van der Waals surface area contributed by atoms with Gasteiger partial charge in [0.05, 0.1) is 29.0 Å². The third-order valence-electron chi connectivity index (χ3n) is 10.2. The van der Waals surface area contributed by atoms with Crippen molar-refractivity contribution in [1.82, 2.24) is 4.57 Å². The largest absolute Gasteiger partial charge is 0.310 e. The zero-order valence-electron chi connectivity index (χ0n) is 27.4. The summed E-state index contributed by atoms with van der Waals surface area (Å²) in [6, 6.07) is 58.5. The summed E-state index contributed by atoms with van der Waals surface area (Å²) >= 11 is 0. The lowest BCUT2D eigenvalue weighted by Crippen LogP contribution is -2.30. The average molecular weight is 628 g/mol. The molecule has 2 heterocycles. The molecule has 3 heteroatoms. The van der Waals surface area contributed by atoms with E-state index in [1.807, 2.05) is 24.3 Å². The summed E-state index contributed by atoms with van der Waals surface area (Å²) in [6.07, 6.45) is 0. The fraction of sp³-hybridized carbons (Fsp3) is 0.0652. The van der Waals surface area contributed by atoms with E-state index in [-0.39, 0.29) is 5.41 Å². The van der Waals surface area contributed by atoms with Crippen LogP contribution in [0.2, 0.25) is 0 Å². The molecule has 0 bridgehead atoms. The molecule has 1 aliphatic heterocycles. The molecule has 0 aliphatic carbocycles. The number of aromatic nitrogens is 1. The number of rotatable bonds is 4. The molecule has 0 spiro atoms. The normalized spacial score (nSPS) is 13.2. The first-order valence-corrected chi connectivity index (χ1v) is 16.7. The van der Waals surface area contributed by atoms with Crippen LogP contribution < -0.4 is 4.90 Å². The minimum atomic E-state index is -0.151. The number of benzene rings is 7. The summed E-state index contributed by atoms with van der Waals surface area (Å²) in [5, 5.41) is 2.47. The van der Waals surface area contributed by atoms with Crippen LogP contribution in [0.4, 0.5) is 22.7 Å². The molecule has 1 aliphatic rings. The van der Waals surface area contributed by atoms with Crippen molar-refractivity contribution in [3.8, 4) is 27.9 Å². The van der Waals surface area contributed by atoms with E-state index in [0.717, 1.165) is 33.6 Å². The summed E-state index contributed by atoms with van der Waals surface area (Å²) in [7, 11) is 0. The molecule has 0 radical (unpaired) electrons. The van der Waals surface area contributed by atoms with Crippen molar-refractivity contribution < 1.29 is 0 Å². The molecule has 0 saturated carbocycles. The van der Waals surface area contributed by atoms with Crippen molar-refractivity contribution in [3.05, 3.63) is 186 Å². The van der Waals surface area contributed by atoms with Crippen molar-refractivity contribution in [2.45, 2.75) is 19.3 Å². The van der Waals surface area contributed by atoms with Crippen molar-refractivity contribution >= 4 is 44.6 Å². The molecule has 232 valence electrons. The van der Waals surface area contributed by atoms with Crippen LogP contribution in [0.15, 0.2) is 164 Å². The predicted octanol–water partition coefficient (Wildman–Crippen LogP) is 12.8. The van der Waals surface area contributed by atoms with Gasteiger partial charge in [-0.05, 0) is 81.9 Å². The van der Waals surface area contributed by atoms with E-state index >= 15 is 0 Å². The van der Waals surface area contributed by atoms with Crippen LogP contribution in [-0.4, -0.2) is 4.57 Å². The summed E-state index contributed by atoms with van der Waals surface area (Å²) in [4.78, 5) is 6.26. The lowest BCUT2D eigenvalue weighted by atomic mass is 9.73. The van der Waals surface area contributed by atoms with Gasteiger partial charge in [-0.2, -0.15) is 0 Å². The molecule has 0 saturated heterocycles. The van der Waals surface area contributed by atoms with Gasteiger partial charge >= 0.3 is 0 Å². The minimum Gasteiger partial charge on any atom is -0.310 e. The highest BCUT2D eigenvalue weighted by Gasteiger charge is 2.36. The van der Waals surface area contributed by atoms with Crippen molar-refractivity contribution in [1.29, 1.82) is 0 Å². The predicted molar refractivity (Wildman–Crippen MR) is 205 cm³/mol. The van der Waals surface area contributed by atoms with E-state index in [4.69, 9.17) is 6.57 Å². The lowest BCUT2D eigenvalue weighted by molar-refractivity contribution is 0.632. The highest BCUT2D eigenvalue weighted by Crippen LogP contribution is 2.52. The van der Waals surface area contributed by atoms with Gasteiger partial charge in [0.2, 0.25) is 0 Å². The Kier molecular flexibility index (Phi) is 6.54. The highest BCUT2D eigenvalue weighted by atomic mass is 15.2. The minimum absolute atomic E-state index is 0.151. The van der Waals surface area contributed by atoms with Crippen LogP contribution in [0.25, 0.3) is 54.6 Å². The number of nitrogens with zero attached hydrogens (tertiary/aromatic N) is 3. The van der Waals surface area contributed by atoms with Crippen LogP contribution in [0.3, 0.4) is 0 Å². The Hall–Kier alpha value is -6.37. The molecule has 49 heavy (non-hydrogen) atoms. The number of anilines is 3. The molecule has 1 aromatic heterocycles. The van der Waals surface area contributed by atoms with Gasteiger partial charge in [-0.3, -0.25) is 0 Å². The molecule has 8 aromatic rings. The fourth-order valence-corrected chi connectivity index (χ4v) is 7.85. The molecule has 0 amide bonds. The zero-order chi connectivity index (χ0) is 33.1. The Bertz CT molecular complexity index is 2510. The van der Waals surface area contributed by atoms with E-state index in [9.17, 15) is 0 Å². The average Bonchev–Trinajstić information content (AvgIpc) is 3.49. The van der Waals surface area contributed by atoms with E-state index in [1.54, 1.807) is 0 Å². The van der Waals surface area contributed by atoms with Gasteiger partial charge in [0.15, 0.2) is 5.69 Å².